The Morgan fingerprint density at radius 1 is 1.45 bits per heavy atom. The molecular weight excluding hydrogens is 276 g/mol. The summed E-state index contributed by atoms with van der Waals surface area (Å²) in [6, 6.07) is 5.70. The number of aromatic nitrogens is 3. The van der Waals surface area contributed by atoms with Crippen LogP contribution in [0.15, 0.2) is 12.1 Å². The molecule has 0 fully saturated rings. The largest absolute Gasteiger partial charge is 0.494 e. The van der Waals surface area contributed by atoms with Crippen LogP contribution in [0.4, 0.5) is 0 Å². The van der Waals surface area contributed by atoms with E-state index in [-0.39, 0.29) is 0 Å². The van der Waals surface area contributed by atoms with Crippen LogP contribution in [0.5, 0.6) is 5.75 Å². The monoisotopic (exact) mass is 290 g/mol. The summed E-state index contributed by atoms with van der Waals surface area (Å²) in [6.07, 6.45) is 1.62. The molecule has 2 rings (SSSR count). The molecule has 0 saturated heterocycles. The van der Waals surface area contributed by atoms with Gasteiger partial charge in [-0.2, -0.15) is 5.26 Å². The third-order valence-electron chi connectivity index (χ3n) is 3.04. The topological polar surface area (TPSA) is 63.7 Å². The zero-order valence-corrected chi connectivity index (χ0v) is 12.4. The Kier molecular flexibility index (Phi) is 4.26. The molecule has 0 aliphatic heterocycles. The van der Waals surface area contributed by atoms with Crippen molar-refractivity contribution >= 4 is 11.6 Å². The zero-order chi connectivity index (χ0) is 14.7. The summed E-state index contributed by atoms with van der Waals surface area (Å²) in [6.45, 7) is 3.95. The standard InChI is InChI=1S/C14H15ClN4O/c1-4-5-12-11(8-16)17-18-19(12)13-6-9(2)10(15)7-14(13)20-3/h6-7H,4-5H2,1-3H3. The highest BCUT2D eigenvalue weighted by Gasteiger charge is 2.17. The predicted octanol–water partition coefficient (Wildman–Crippen LogP) is 3.06. The van der Waals surface area contributed by atoms with Crippen LogP contribution < -0.4 is 4.74 Å². The van der Waals surface area contributed by atoms with Gasteiger partial charge >= 0.3 is 0 Å². The lowest BCUT2D eigenvalue weighted by molar-refractivity contribution is 0.411. The molecule has 0 N–H and O–H groups in total. The van der Waals surface area contributed by atoms with Crippen molar-refractivity contribution in [1.82, 2.24) is 15.0 Å². The number of methoxy groups -OCH3 is 1. The second-order valence-corrected chi connectivity index (χ2v) is 4.84. The van der Waals surface area contributed by atoms with E-state index in [1.165, 1.54) is 0 Å². The Labute approximate surface area is 122 Å². The van der Waals surface area contributed by atoms with Gasteiger partial charge in [-0.1, -0.05) is 30.2 Å². The van der Waals surface area contributed by atoms with Gasteiger partial charge in [0.2, 0.25) is 0 Å². The van der Waals surface area contributed by atoms with Gasteiger partial charge in [-0.3, -0.25) is 0 Å². The molecule has 0 spiro atoms. The van der Waals surface area contributed by atoms with Crippen molar-refractivity contribution in [2.75, 3.05) is 7.11 Å². The molecule has 0 radical (unpaired) electrons. The Bertz CT molecular complexity index is 673. The van der Waals surface area contributed by atoms with E-state index in [2.05, 4.69) is 16.4 Å². The minimum atomic E-state index is 0.349. The fraction of sp³-hybridized carbons (Fsp3) is 0.357. The Morgan fingerprint density at radius 2 is 2.20 bits per heavy atom. The first-order chi connectivity index (χ1) is 9.62. The fourth-order valence-electron chi connectivity index (χ4n) is 2.02. The molecule has 0 aliphatic rings. The molecule has 0 unspecified atom stereocenters. The molecule has 0 aliphatic carbocycles. The maximum absolute atomic E-state index is 9.11. The Morgan fingerprint density at radius 3 is 2.80 bits per heavy atom. The lowest BCUT2D eigenvalue weighted by atomic mass is 10.1. The molecule has 2 aromatic rings. The maximum Gasteiger partial charge on any atom is 0.186 e. The lowest BCUT2D eigenvalue weighted by Gasteiger charge is -2.12. The van der Waals surface area contributed by atoms with Gasteiger partial charge in [0, 0.05) is 11.1 Å². The maximum atomic E-state index is 9.11. The van der Waals surface area contributed by atoms with Crippen LogP contribution in [0, 0.1) is 18.3 Å². The van der Waals surface area contributed by atoms with Crippen molar-refractivity contribution in [3.05, 3.63) is 34.1 Å². The summed E-state index contributed by atoms with van der Waals surface area (Å²) in [4.78, 5) is 0. The SMILES string of the molecule is CCCc1c(C#N)nnn1-c1cc(C)c(Cl)cc1OC. The minimum Gasteiger partial charge on any atom is -0.494 e. The normalized spacial score (nSPS) is 10.3. The Balaban J connectivity index is 2.65. The number of nitrogens with zero attached hydrogens (tertiary/aromatic N) is 4. The number of rotatable bonds is 4. The number of ether oxygens (including phenoxy) is 1. The van der Waals surface area contributed by atoms with Crippen molar-refractivity contribution in [2.45, 2.75) is 26.7 Å². The molecule has 5 nitrogen and oxygen atoms in total. The van der Waals surface area contributed by atoms with Crippen molar-refractivity contribution in [1.29, 1.82) is 5.26 Å². The summed E-state index contributed by atoms with van der Waals surface area (Å²) in [5.41, 5.74) is 2.79. The van der Waals surface area contributed by atoms with Crippen molar-refractivity contribution < 1.29 is 4.74 Å². The molecule has 104 valence electrons. The summed E-state index contributed by atoms with van der Waals surface area (Å²) in [5.74, 6) is 0.604. The van der Waals surface area contributed by atoms with Gasteiger partial charge < -0.3 is 4.74 Å². The molecular formula is C14H15ClN4O. The van der Waals surface area contributed by atoms with Gasteiger partial charge in [-0.05, 0) is 25.0 Å². The van der Waals surface area contributed by atoms with E-state index < -0.39 is 0 Å². The van der Waals surface area contributed by atoms with Crippen LogP contribution in [0.2, 0.25) is 5.02 Å². The highest BCUT2D eigenvalue weighted by molar-refractivity contribution is 6.31. The number of nitriles is 1. The highest BCUT2D eigenvalue weighted by atomic mass is 35.5. The van der Waals surface area contributed by atoms with Gasteiger partial charge in [-0.15, -0.1) is 5.10 Å². The van der Waals surface area contributed by atoms with Crippen LogP contribution >= 0.6 is 11.6 Å². The fourth-order valence-corrected chi connectivity index (χ4v) is 2.17. The van der Waals surface area contributed by atoms with Crippen molar-refractivity contribution in [3.63, 3.8) is 0 Å². The summed E-state index contributed by atoms with van der Waals surface area (Å²) < 4.78 is 7.01. The van der Waals surface area contributed by atoms with Gasteiger partial charge in [0.05, 0.1) is 12.8 Å². The van der Waals surface area contributed by atoms with Crippen LogP contribution in [0.3, 0.4) is 0 Å². The second kappa shape index (κ2) is 5.93. The average molecular weight is 291 g/mol. The van der Waals surface area contributed by atoms with Crippen molar-refractivity contribution in [2.24, 2.45) is 0 Å². The first-order valence-electron chi connectivity index (χ1n) is 6.31. The lowest BCUT2D eigenvalue weighted by Crippen LogP contribution is -2.06. The average Bonchev–Trinajstić information content (AvgIpc) is 2.84. The third kappa shape index (κ3) is 2.47. The van der Waals surface area contributed by atoms with E-state index in [1.54, 1.807) is 17.9 Å². The van der Waals surface area contributed by atoms with Gasteiger partial charge in [0.25, 0.3) is 0 Å². The summed E-state index contributed by atoms with van der Waals surface area (Å²) in [7, 11) is 1.58. The molecule has 0 amide bonds. The van der Waals surface area contributed by atoms with Crippen LogP contribution in [0.1, 0.15) is 30.3 Å². The quantitative estimate of drug-likeness (QED) is 0.868. The third-order valence-corrected chi connectivity index (χ3v) is 3.45. The van der Waals surface area contributed by atoms with E-state index in [0.29, 0.717) is 16.5 Å². The number of hydrogen-bond acceptors (Lipinski definition) is 4. The van der Waals surface area contributed by atoms with Gasteiger partial charge in [0.15, 0.2) is 5.69 Å². The van der Waals surface area contributed by atoms with E-state index in [9.17, 15) is 0 Å². The minimum absolute atomic E-state index is 0.349. The molecule has 20 heavy (non-hydrogen) atoms. The second-order valence-electron chi connectivity index (χ2n) is 4.43. The van der Waals surface area contributed by atoms with Crippen LogP contribution in [-0.4, -0.2) is 22.1 Å². The van der Waals surface area contributed by atoms with Crippen molar-refractivity contribution in [3.8, 4) is 17.5 Å². The molecule has 0 saturated carbocycles. The predicted molar refractivity (Wildman–Crippen MR) is 76.4 cm³/mol. The van der Waals surface area contributed by atoms with E-state index in [4.69, 9.17) is 21.6 Å². The first kappa shape index (κ1) is 14.4. The van der Waals surface area contributed by atoms with Crippen LogP contribution in [0.25, 0.3) is 5.69 Å². The van der Waals surface area contributed by atoms with E-state index >= 15 is 0 Å². The molecule has 0 atom stereocenters. The van der Waals surface area contributed by atoms with E-state index in [1.807, 2.05) is 19.9 Å². The van der Waals surface area contributed by atoms with Gasteiger partial charge in [0.1, 0.15) is 17.5 Å². The molecule has 6 heteroatoms. The molecule has 1 heterocycles. The molecule has 1 aromatic carbocycles. The number of benzene rings is 1. The number of aryl methyl sites for hydroxylation is 1. The Hall–Kier alpha value is -2.06. The number of hydrogen-bond donors (Lipinski definition) is 0. The van der Waals surface area contributed by atoms with E-state index in [0.717, 1.165) is 29.8 Å². The van der Waals surface area contributed by atoms with Crippen LogP contribution in [-0.2, 0) is 6.42 Å². The molecule has 1 aromatic heterocycles. The summed E-state index contributed by atoms with van der Waals surface area (Å²) >= 11 is 6.11. The van der Waals surface area contributed by atoms with Gasteiger partial charge in [-0.25, -0.2) is 4.68 Å². The first-order valence-corrected chi connectivity index (χ1v) is 6.69. The number of halogens is 1. The smallest absolute Gasteiger partial charge is 0.186 e. The highest BCUT2D eigenvalue weighted by Crippen LogP contribution is 2.30. The zero-order valence-electron chi connectivity index (χ0n) is 11.6. The summed E-state index contributed by atoms with van der Waals surface area (Å²) in [5, 5.41) is 17.7. The molecule has 0 bridgehead atoms.